The second-order valence-electron chi connectivity index (χ2n) is 4.08. The molecule has 0 atom stereocenters. The van der Waals surface area contributed by atoms with Crippen LogP contribution in [-0.2, 0) is 6.61 Å². The predicted octanol–water partition coefficient (Wildman–Crippen LogP) is 3.11. The molecule has 0 saturated carbocycles. The molecule has 0 heterocycles. The minimum atomic E-state index is -1.04. The molecule has 0 bridgehead atoms. The van der Waals surface area contributed by atoms with E-state index in [0.29, 0.717) is 17.1 Å². The summed E-state index contributed by atoms with van der Waals surface area (Å²) in [6, 6.07) is 10.5. The van der Waals surface area contributed by atoms with Crippen LogP contribution in [0.25, 0.3) is 0 Å². The number of methoxy groups -OCH3 is 1. The van der Waals surface area contributed by atoms with Crippen molar-refractivity contribution in [1.29, 1.82) is 0 Å². The molecule has 0 unspecified atom stereocenters. The van der Waals surface area contributed by atoms with Crippen LogP contribution in [0.5, 0.6) is 11.5 Å². The highest BCUT2D eigenvalue weighted by molar-refractivity contribution is 5.87. The Kier molecular flexibility index (Phi) is 4.20. The molecule has 104 valence electrons. The van der Waals surface area contributed by atoms with Crippen molar-refractivity contribution in [3.8, 4) is 11.5 Å². The first-order valence-electron chi connectivity index (χ1n) is 5.88. The van der Waals surface area contributed by atoms with Gasteiger partial charge in [-0.3, -0.25) is 0 Å². The molecule has 0 spiro atoms. The zero-order chi connectivity index (χ0) is 14.5. The topological polar surface area (TPSA) is 55.8 Å². The molecule has 0 radical (unpaired) electrons. The van der Waals surface area contributed by atoms with Gasteiger partial charge in [-0.15, -0.1) is 0 Å². The molecule has 2 aromatic carbocycles. The van der Waals surface area contributed by atoms with Crippen molar-refractivity contribution in [2.45, 2.75) is 6.61 Å². The van der Waals surface area contributed by atoms with Crippen molar-refractivity contribution in [3.05, 3.63) is 59.4 Å². The molecule has 2 aromatic rings. The third kappa shape index (κ3) is 3.26. The summed E-state index contributed by atoms with van der Waals surface area (Å²) in [5.41, 5.74) is 0.490. The zero-order valence-corrected chi connectivity index (χ0v) is 10.8. The predicted molar refractivity (Wildman–Crippen MR) is 70.7 cm³/mol. The number of carboxylic acid groups (broad SMARTS) is 1. The summed E-state index contributed by atoms with van der Waals surface area (Å²) < 4.78 is 24.0. The van der Waals surface area contributed by atoms with E-state index in [2.05, 4.69) is 0 Å². The molecule has 1 N–H and O–H groups in total. The Bertz CT molecular complexity index is 625. The number of hydrogen-bond donors (Lipinski definition) is 1. The van der Waals surface area contributed by atoms with E-state index < -0.39 is 11.8 Å². The third-order valence-electron chi connectivity index (χ3n) is 2.74. The first-order chi connectivity index (χ1) is 9.60. The first-order valence-corrected chi connectivity index (χ1v) is 5.88. The lowest BCUT2D eigenvalue weighted by Gasteiger charge is -2.08. The van der Waals surface area contributed by atoms with Gasteiger partial charge in [-0.1, -0.05) is 6.07 Å². The van der Waals surface area contributed by atoms with Crippen molar-refractivity contribution in [1.82, 2.24) is 0 Å². The Morgan fingerprint density at radius 1 is 1.20 bits per heavy atom. The Labute approximate surface area is 115 Å². The Balaban J connectivity index is 2.09. The van der Waals surface area contributed by atoms with Crippen LogP contribution >= 0.6 is 0 Å². The summed E-state index contributed by atoms with van der Waals surface area (Å²) in [6.45, 7) is 0.0128. The molecule has 4 nitrogen and oxygen atoms in total. The summed E-state index contributed by atoms with van der Waals surface area (Å²) in [6.07, 6.45) is 0. The SMILES string of the molecule is COc1ccc(COc2cccc(C(=O)O)c2)c(F)c1. The van der Waals surface area contributed by atoms with Gasteiger partial charge in [0, 0.05) is 11.6 Å². The average Bonchev–Trinajstić information content (AvgIpc) is 2.46. The number of rotatable bonds is 5. The van der Waals surface area contributed by atoms with Crippen LogP contribution in [-0.4, -0.2) is 18.2 Å². The highest BCUT2D eigenvalue weighted by Crippen LogP contribution is 2.19. The minimum absolute atomic E-state index is 0.0128. The number of halogens is 1. The van der Waals surface area contributed by atoms with Crippen molar-refractivity contribution >= 4 is 5.97 Å². The normalized spacial score (nSPS) is 10.1. The average molecular weight is 276 g/mol. The second-order valence-corrected chi connectivity index (χ2v) is 4.08. The quantitative estimate of drug-likeness (QED) is 0.911. The van der Waals surface area contributed by atoms with Gasteiger partial charge >= 0.3 is 5.97 Å². The number of benzene rings is 2. The van der Waals surface area contributed by atoms with Crippen molar-refractivity contribution < 1.29 is 23.8 Å². The number of ether oxygens (including phenoxy) is 2. The minimum Gasteiger partial charge on any atom is -0.497 e. The number of carboxylic acids is 1. The molecule has 0 aliphatic carbocycles. The number of carbonyl (C=O) groups is 1. The molecular formula is C15H13FO4. The van der Waals surface area contributed by atoms with Gasteiger partial charge in [0.25, 0.3) is 0 Å². The van der Waals surface area contributed by atoms with Crippen LogP contribution < -0.4 is 9.47 Å². The van der Waals surface area contributed by atoms with Gasteiger partial charge in [-0.2, -0.15) is 0 Å². The van der Waals surface area contributed by atoms with E-state index in [4.69, 9.17) is 14.6 Å². The van der Waals surface area contributed by atoms with E-state index >= 15 is 0 Å². The van der Waals surface area contributed by atoms with E-state index in [1.807, 2.05) is 0 Å². The largest absolute Gasteiger partial charge is 0.497 e. The van der Waals surface area contributed by atoms with E-state index in [0.717, 1.165) is 0 Å². The van der Waals surface area contributed by atoms with Gasteiger partial charge in [0.1, 0.15) is 23.9 Å². The maximum absolute atomic E-state index is 13.7. The van der Waals surface area contributed by atoms with Crippen molar-refractivity contribution in [3.63, 3.8) is 0 Å². The maximum Gasteiger partial charge on any atom is 0.335 e. The summed E-state index contributed by atoms with van der Waals surface area (Å²) in [4.78, 5) is 10.8. The maximum atomic E-state index is 13.7. The zero-order valence-electron chi connectivity index (χ0n) is 10.8. The van der Waals surface area contributed by atoms with Gasteiger partial charge in [0.2, 0.25) is 0 Å². The highest BCUT2D eigenvalue weighted by atomic mass is 19.1. The fourth-order valence-electron chi connectivity index (χ4n) is 1.65. The van der Waals surface area contributed by atoms with Gasteiger partial charge in [-0.05, 0) is 30.3 Å². The van der Waals surface area contributed by atoms with Gasteiger partial charge in [0.05, 0.1) is 12.7 Å². The molecule has 0 fully saturated rings. The van der Waals surface area contributed by atoms with E-state index in [9.17, 15) is 9.18 Å². The van der Waals surface area contributed by atoms with Crippen LogP contribution in [0.3, 0.4) is 0 Å². The third-order valence-corrected chi connectivity index (χ3v) is 2.74. The van der Waals surface area contributed by atoms with Crippen LogP contribution in [0.1, 0.15) is 15.9 Å². The summed E-state index contributed by atoms with van der Waals surface area (Å²) >= 11 is 0. The first kappa shape index (κ1) is 13.9. The molecule has 0 amide bonds. The monoisotopic (exact) mass is 276 g/mol. The molecule has 5 heteroatoms. The lowest BCUT2D eigenvalue weighted by atomic mass is 10.2. The van der Waals surface area contributed by atoms with Crippen molar-refractivity contribution in [2.24, 2.45) is 0 Å². The smallest absolute Gasteiger partial charge is 0.335 e. The Morgan fingerprint density at radius 2 is 2.00 bits per heavy atom. The molecule has 20 heavy (non-hydrogen) atoms. The van der Waals surface area contributed by atoms with E-state index in [1.165, 1.54) is 25.3 Å². The molecular weight excluding hydrogens is 263 g/mol. The molecule has 2 rings (SSSR count). The van der Waals surface area contributed by atoms with Gasteiger partial charge in [-0.25, -0.2) is 9.18 Å². The highest BCUT2D eigenvalue weighted by Gasteiger charge is 2.07. The lowest BCUT2D eigenvalue weighted by molar-refractivity contribution is 0.0696. The summed E-state index contributed by atoms with van der Waals surface area (Å²) in [5.74, 6) is -0.663. The molecule has 0 aliphatic rings. The van der Waals surface area contributed by atoms with E-state index in [-0.39, 0.29) is 12.2 Å². The molecule has 0 aliphatic heterocycles. The fourth-order valence-corrected chi connectivity index (χ4v) is 1.65. The number of hydrogen-bond acceptors (Lipinski definition) is 3. The number of aromatic carboxylic acids is 1. The van der Waals surface area contributed by atoms with Crippen LogP contribution in [0.4, 0.5) is 4.39 Å². The van der Waals surface area contributed by atoms with Crippen LogP contribution in [0, 0.1) is 5.82 Å². The Hall–Kier alpha value is -2.56. The Morgan fingerprint density at radius 3 is 2.65 bits per heavy atom. The van der Waals surface area contributed by atoms with Gasteiger partial charge in [0.15, 0.2) is 0 Å². The fraction of sp³-hybridized carbons (Fsp3) is 0.133. The standard InChI is InChI=1S/C15H13FO4/c1-19-12-6-5-11(14(16)8-12)9-20-13-4-2-3-10(7-13)15(17)18/h2-8H,9H2,1H3,(H,17,18). The lowest BCUT2D eigenvalue weighted by Crippen LogP contribution is -2.01. The van der Waals surface area contributed by atoms with Crippen LogP contribution in [0.2, 0.25) is 0 Å². The van der Waals surface area contributed by atoms with Crippen LogP contribution in [0.15, 0.2) is 42.5 Å². The van der Waals surface area contributed by atoms with Crippen molar-refractivity contribution in [2.75, 3.05) is 7.11 Å². The summed E-state index contributed by atoms with van der Waals surface area (Å²) in [7, 11) is 1.46. The summed E-state index contributed by atoms with van der Waals surface area (Å²) in [5, 5.41) is 8.87. The second kappa shape index (κ2) is 6.06. The molecule has 0 saturated heterocycles. The van der Waals surface area contributed by atoms with E-state index in [1.54, 1.807) is 24.3 Å². The van der Waals surface area contributed by atoms with Gasteiger partial charge < -0.3 is 14.6 Å². The molecule has 0 aromatic heterocycles.